The molecule has 9 heteroatoms. The van der Waals surface area contributed by atoms with Gasteiger partial charge in [-0.1, -0.05) is 17.3 Å². The average molecular weight is 291 g/mol. The molecular formula is C10H11F2N3O3S. The number of alkyl halides is 2. The minimum absolute atomic E-state index is 0.166. The molecular weight excluding hydrogens is 280 g/mol. The molecule has 0 unspecified atom stereocenters. The molecule has 104 valence electrons. The molecule has 2 atom stereocenters. The highest BCUT2D eigenvalue weighted by molar-refractivity contribution is 7.89. The molecule has 0 heterocycles. The minimum atomic E-state index is -3.86. The van der Waals surface area contributed by atoms with Gasteiger partial charge in [0.25, 0.3) is 5.92 Å². The number of primary sulfonamides is 1. The van der Waals surface area contributed by atoms with E-state index < -0.39 is 33.6 Å². The molecule has 0 amide bonds. The highest BCUT2D eigenvalue weighted by Gasteiger charge is 2.71. The van der Waals surface area contributed by atoms with Gasteiger partial charge < -0.3 is 10.9 Å². The number of rotatable bonds is 3. The maximum absolute atomic E-state index is 13.5. The molecule has 2 rings (SSSR count). The largest absolute Gasteiger partial charge is 0.409 e. The first-order chi connectivity index (χ1) is 8.69. The summed E-state index contributed by atoms with van der Waals surface area (Å²) in [6.45, 7) is 0. The molecule has 0 radical (unpaired) electrons. The number of benzene rings is 1. The number of halogens is 2. The number of nitrogens with zero attached hydrogens (tertiary/aromatic N) is 1. The van der Waals surface area contributed by atoms with E-state index in [4.69, 9.17) is 16.1 Å². The second kappa shape index (κ2) is 4.14. The Morgan fingerprint density at radius 3 is 2.26 bits per heavy atom. The Bertz CT molecular complexity index is 628. The molecule has 1 aromatic rings. The molecule has 1 aromatic carbocycles. The number of sulfonamides is 1. The summed E-state index contributed by atoms with van der Waals surface area (Å²) in [7, 11) is -3.86. The summed E-state index contributed by atoms with van der Waals surface area (Å²) in [4.78, 5) is -0.166. The third kappa shape index (κ3) is 2.26. The molecule has 0 aromatic heterocycles. The van der Waals surface area contributed by atoms with Gasteiger partial charge in [0.2, 0.25) is 10.0 Å². The molecule has 19 heavy (non-hydrogen) atoms. The lowest BCUT2D eigenvalue weighted by Crippen LogP contribution is -2.18. The van der Waals surface area contributed by atoms with E-state index in [9.17, 15) is 17.2 Å². The molecule has 1 aliphatic rings. The average Bonchev–Trinajstić information content (AvgIpc) is 2.90. The van der Waals surface area contributed by atoms with E-state index in [1.54, 1.807) is 0 Å². The molecule has 0 saturated heterocycles. The van der Waals surface area contributed by atoms with Crippen LogP contribution in [0, 0.1) is 5.92 Å². The van der Waals surface area contributed by atoms with Crippen molar-refractivity contribution in [2.45, 2.75) is 16.7 Å². The summed E-state index contributed by atoms with van der Waals surface area (Å²) >= 11 is 0. The quantitative estimate of drug-likeness (QED) is 0.324. The molecule has 1 aliphatic carbocycles. The van der Waals surface area contributed by atoms with Gasteiger partial charge in [-0.25, -0.2) is 22.3 Å². The van der Waals surface area contributed by atoms with Crippen LogP contribution in [0.2, 0.25) is 0 Å². The smallest absolute Gasteiger partial charge is 0.266 e. The second-order valence-corrected chi connectivity index (χ2v) is 5.83. The molecule has 0 spiro atoms. The van der Waals surface area contributed by atoms with Crippen LogP contribution in [0.3, 0.4) is 0 Å². The number of amidine groups is 1. The fraction of sp³-hybridized carbons (Fsp3) is 0.300. The van der Waals surface area contributed by atoms with Gasteiger partial charge in [0.1, 0.15) is 5.84 Å². The van der Waals surface area contributed by atoms with Crippen LogP contribution in [-0.2, 0) is 10.0 Å². The van der Waals surface area contributed by atoms with E-state index >= 15 is 0 Å². The summed E-state index contributed by atoms with van der Waals surface area (Å²) in [6, 6.07) is 4.76. The van der Waals surface area contributed by atoms with Gasteiger partial charge in [0.05, 0.1) is 16.7 Å². The molecule has 1 fully saturated rings. The van der Waals surface area contributed by atoms with Gasteiger partial charge in [-0.3, -0.25) is 0 Å². The summed E-state index contributed by atoms with van der Waals surface area (Å²) in [5.41, 5.74) is 5.39. The Balaban J connectivity index is 2.31. The zero-order chi connectivity index (χ0) is 14.4. The lowest BCUT2D eigenvalue weighted by atomic mass is 10.1. The second-order valence-electron chi connectivity index (χ2n) is 4.27. The summed E-state index contributed by atoms with van der Waals surface area (Å²) < 4.78 is 49.1. The standard InChI is InChI=1S/C10H11F2N3O3S/c11-10(12)7(8(10)9(13)15-16)5-1-3-6(4-2-5)19(14,17)18/h1-4,7-8,16H,(H2,13,15)(H2,14,17,18)/t7-,8+/m1/s1. The molecule has 0 bridgehead atoms. The first-order valence-electron chi connectivity index (χ1n) is 5.17. The molecule has 6 nitrogen and oxygen atoms in total. The highest BCUT2D eigenvalue weighted by Crippen LogP contribution is 2.61. The molecule has 0 aliphatic heterocycles. The first kappa shape index (κ1) is 13.7. The Morgan fingerprint density at radius 1 is 1.32 bits per heavy atom. The van der Waals surface area contributed by atoms with Crippen molar-refractivity contribution in [3.05, 3.63) is 29.8 Å². The van der Waals surface area contributed by atoms with E-state index in [2.05, 4.69) is 5.16 Å². The number of hydrogen-bond acceptors (Lipinski definition) is 4. The van der Waals surface area contributed by atoms with Crippen molar-refractivity contribution in [1.82, 2.24) is 0 Å². The van der Waals surface area contributed by atoms with Crippen LogP contribution in [0.25, 0.3) is 0 Å². The topological polar surface area (TPSA) is 119 Å². The predicted octanol–water partition coefficient (Wildman–Crippen LogP) is 0.429. The van der Waals surface area contributed by atoms with Crippen molar-refractivity contribution in [1.29, 1.82) is 0 Å². The fourth-order valence-corrected chi connectivity index (χ4v) is 2.55. The SMILES string of the molecule is N/C(=N\O)[C@@H]1[C@@H](c2ccc(S(N)(=O)=O)cc2)C1(F)F. The van der Waals surface area contributed by atoms with Crippen LogP contribution in [0.1, 0.15) is 11.5 Å². The van der Waals surface area contributed by atoms with Crippen molar-refractivity contribution < 1.29 is 22.4 Å². The predicted molar refractivity (Wildman–Crippen MR) is 62.4 cm³/mol. The van der Waals surface area contributed by atoms with Crippen molar-refractivity contribution in [3.8, 4) is 0 Å². The van der Waals surface area contributed by atoms with E-state index in [0.29, 0.717) is 0 Å². The van der Waals surface area contributed by atoms with E-state index in [1.165, 1.54) is 12.1 Å². The van der Waals surface area contributed by atoms with Gasteiger partial charge in [0, 0.05) is 0 Å². The zero-order valence-electron chi connectivity index (χ0n) is 9.49. The van der Waals surface area contributed by atoms with E-state index in [-0.39, 0.29) is 10.5 Å². The van der Waals surface area contributed by atoms with Crippen LogP contribution in [0.5, 0.6) is 0 Å². The van der Waals surface area contributed by atoms with Crippen molar-refractivity contribution >= 4 is 15.9 Å². The van der Waals surface area contributed by atoms with E-state index in [1.807, 2.05) is 0 Å². The maximum atomic E-state index is 13.5. The van der Waals surface area contributed by atoms with Crippen LogP contribution in [0.15, 0.2) is 34.3 Å². The van der Waals surface area contributed by atoms with Crippen LogP contribution in [-0.4, -0.2) is 25.4 Å². The monoisotopic (exact) mass is 291 g/mol. The molecule has 1 saturated carbocycles. The third-order valence-electron chi connectivity index (χ3n) is 3.06. The number of hydrogen-bond donors (Lipinski definition) is 3. The van der Waals surface area contributed by atoms with Crippen LogP contribution in [0.4, 0.5) is 8.78 Å². The van der Waals surface area contributed by atoms with Gasteiger partial charge in [-0.05, 0) is 17.7 Å². The highest BCUT2D eigenvalue weighted by atomic mass is 32.2. The van der Waals surface area contributed by atoms with Gasteiger partial charge in [-0.2, -0.15) is 0 Å². The lowest BCUT2D eigenvalue weighted by molar-refractivity contribution is 0.103. The van der Waals surface area contributed by atoms with Gasteiger partial charge in [-0.15, -0.1) is 0 Å². The summed E-state index contributed by atoms with van der Waals surface area (Å²) in [5, 5.41) is 15.9. The Kier molecular flexibility index (Phi) is 2.98. The maximum Gasteiger partial charge on any atom is 0.266 e. The van der Waals surface area contributed by atoms with Crippen LogP contribution < -0.4 is 10.9 Å². The van der Waals surface area contributed by atoms with Crippen molar-refractivity contribution in [2.24, 2.45) is 21.9 Å². The van der Waals surface area contributed by atoms with Crippen molar-refractivity contribution in [3.63, 3.8) is 0 Å². The zero-order valence-corrected chi connectivity index (χ0v) is 10.3. The minimum Gasteiger partial charge on any atom is -0.409 e. The number of oxime groups is 1. The van der Waals surface area contributed by atoms with E-state index in [0.717, 1.165) is 12.1 Å². The fourth-order valence-electron chi connectivity index (χ4n) is 2.04. The van der Waals surface area contributed by atoms with Crippen molar-refractivity contribution in [2.75, 3.05) is 0 Å². The summed E-state index contributed by atoms with van der Waals surface area (Å²) in [6.07, 6.45) is 0. The normalized spacial score (nSPS) is 26.2. The van der Waals surface area contributed by atoms with Gasteiger partial charge >= 0.3 is 0 Å². The van der Waals surface area contributed by atoms with Crippen LogP contribution >= 0.6 is 0 Å². The molecule has 5 N–H and O–H groups in total. The lowest BCUT2D eigenvalue weighted by Gasteiger charge is -2.01. The Morgan fingerprint density at radius 2 is 1.84 bits per heavy atom. The Labute approximate surface area is 107 Å². The third-order valence-corrected chi connectivity index (χ3v) is 3.98. The number of nitrogens with two attached hydrogens (primary N) is 2. The van der Waals surface area contributed by atoms with Gasteiger partial charge in [0.15, 0.2) is 0 Å². The Hall–Kier alpha value is -1.74. The first-order valence-corrected chi connectivity index (χ1v) is 6.72. The summed E-state index contributed by atoms with van der Waals surface area (Å²) in [5.74, 6) is -6.26.